The molecule has 0 saturated carbocycles. The molecule has 0 bridgehead atoms. The quantitative estimate of drug-likeness (QED) is 0.830. The van der Waals surface area contributed by atoms with Crippen molar-refractivity contribution in [1.82, 2.24) is 4.90 Å². The number of carbonyl (C=O) groups is 2. The molecule has 1 aliphatic rings. The van der Waals surface area contributed by atoms with Crippen LogP contribution < -0.4 is 14.8 Å². The molecule has 0 atom stereocenters. The molecule has 0 spiro atoms. The Balaban J connectivity index is 2.00. The van der Waals surface area contributed by atoms with Crippen LogP contribution in [0.25, 0.3) is 0 Å². The van der Waals surface area contributed by atoms with Gasteiger partial charge in [-0.3, -0.25) is 9.59 Å². The molecule has 1 fully saturated rings. The monoisotopic (exact) mass is 324 g/mol. The lowest BCUT2D eigenvalue weighted by molar-refractivity contribution is -0.130. The molecule has 1 aliphatic heterocycles. The number of ether oxygens (including phenoxy) is 2. The van der Waals surface area contributed by atoms with E-state index in [4.69, 9.17) is 9.47 Å². The molecule has 1 N–H and O–H groups in total. The van der Waals surface area contributed by atoms with Crippen LogP contribution in [-0.2, 0) is 9.59 Å². The fourth-order valence-corrected chi connectivity index (χ4v) is 2.95. The fraction of sp³-hybridized carbons (Fsp3) is 0.467. The number of benzene rings is 1. The van der Waals surface area contributed by atoms with Gasteiger partial charge in [0.1, 0.15) is 6.54 Å². The zero-order valence-corrected chi connectivity index (χ0v) is 13.6. The largest absolute Gasteiger partial charge is 0.490 e. The average Bonchev–Trinajstić information content (AvgIpc) is 2.87. The molecule has 120 valence electrons. The normalized spacial score (nSPS) is 14.1. The summed E-state index contributed by atoms with van der Waals surface area (Å²) in [6, 6.07) is 5.25. The highest BCUT2D eigenvalue weighted by molar-refractivity contribution is 8.00. The van der Waals surface area contributed by atoms with Crippen LogP contribution in [0.1, 0.15) is 13.8 Å². The standard InChI is InChI=1S/C15H20N2O4S/c1-3-20-12-6-5-11(7-13(12)21-4-2)16-14(18)8-17-10-22-9-15(17)19/h5-7H,3-4,8-10H2,1-2H3,(H,16,18). The maximum atomic E-state index is 12.0. The second-order valence-corrected chi connectivity index (χ2v) is 5.60. The molecule has 1 aromatic rings. The first-order valence-corrected chi connectivity index (χ1v) is 8.34. The molecule has 0 aromatic heterocycles. The van der Waals surface area contributed by atoms with Gasteiger partial charge in [0, 0.05) is 11.8 Å². The van der Waals surface area contributed by atoms with E-state index in [9.17, 15) is 9.59 Å². The topological polar surface area (TPSA) is 67.9 Å². The second kappa shape index (κ2) is 7.93. The summed E-state index contributed by atoms with van der Waals surface area (Å²) in [5, 5.41) is 2.78. The Morgan fingerprint density at radius 1 is 1.27 bits per heavy atom. The Morgan fingerprint density at radius 3 is 2.64 bits per heavy atom. The Labute approximate surface area is 134 Å². The molecule has 1 saturated heterocycles. The molecule has 1 heterocycles. The van der Waals surface area contributed by atoms with Crippen molar-refractivity contribution in [3.8, 4) is 11.5 Å². The number of carbonyl (C=O) groups excluding carboxylic acids is 2. The number of thioether (sulfide) groups is 1. The van der Waals surface area contributed by atoms with E-state index in [1.165, 1.54) is 16.7 Å². The van der Waals surface area contributed by atoms with Crippen molar-refractivity contribution in [2.24, 2.45) is 0 Å². The molecule has 2 rings (SSSR count). The second-order valence-electron chi connectivity index (χ2n) is 4.64. The maximum Gasteiger partial charge on any atom is 0.244 e. The lowest BCUT2D eigenvalue weighted by Gasteiger charge is -2.15. The summed E-state index contributed by atoms with van der Waals surface area (Å²) in [6.07, 6.45) is 0. The van der Waals surface area contributed by atoms with Crippen LogP contribution in [0.15, 0.2) is 18.2 Å². The third-order valence-corrected chi connectivity index (χ3v) is 3.93. The lowest BCUT2D eigenvalue weighted by atomic mass is 10.2. The van der Waals surface area contributed by atoms with Gasteiger partial charge < -0.3 is 19.7 Å². The number of rotatable bonds is 7. The van der Waals surface area contributed by atoms with Crippen molar-refractivity contribution >= 4 is 29.3 Å². The number of hydrogen-bond acceptors (Lipinski definition) is 5. The summed E-state index contributed by atoms with van der Waals surface area (Å²) in [7, 11) is 0. The van der Waals surface area contributed by atoms with Crippen LogP contribution in [0.5, 0.6) is 11.5 Å². The summed E-state index contributed by atoms with van der Waals surface area (Å²) < 4.78 is 11.0. The van der Waals surface area contributed by atoms with E-state index < -0.39 is 0 Å². The third kappa shape index (κ3) is 4.30. The van der Waals surface area contributed by atoms with Gasteiger partial charge in [-0.25, -0.2) is 0 Å². The van der Waals surface area contributed by atoms with Crippen molar-refractivity contribution in [1.29, 1.82) is 0 Å². The Hall–Kier alpha value is -1.89. The maximum absolute atomic E-state index is 12.0. The van der Waals surface area contributed by atoms with Gasteiger partial charge >= 0.3 is 0 Å². The van der Waals surface area contributed by atoms with Crippen molar-refractivity contribution in [2.75, 3.05) is 36.7 Å². The number of amides is 2. The van der Waals surface area contributed by atoms with Gasteiger partial charge in [0.2, 0.25) is 11.8 Å². The van der Waals surface area contributed by atoms with E-state index in [-0.39, 0.29) is 18.4 Å². The molecular formula is C15H20N2O4S. The SMILES string of the molecule is CCOc1ccc(NC(=O)CN2CSCC2=O)cc1OCC. The van der Waals surface area contributed by atoms with Gasteiger partial charge in [0.15, 0.2) is 11.5 Å². The highest BCUT2D eigenvalue weighted by atomic mass is 32.2. The molecular weight excluding hydrogens is 304 g/mol. The van der Waals surface area contributed by atoms with Crippen LogP contribution in [0.2, 0.25) is 0 Å². The molecule has 6 nitrogen and oxygen atoms in total. The summed E-state index contributed by atoms with van der Waals surface area (Å²) in [5.41, 5.74) is 0.621. The molecule has 0 aliphatic carbocycles. The molecule has 0 radical (unpaired) electrons. The van der Waals surface area contributed by atoms with Gasteiger partial charge in [0.25, 0.3) is 0 Å². The van der Waals surface area contributed by atoms with Crippen molar-refractivity contribution < 1.29 is 19.1 Å². The fourth-order valence-electron chi connectivity index (χ4n) is 2.04. The Bertz CT molecular complexity index is 550. The minimum atomic E-state index is -0.220. The van der Waals surface area contributed by atoms with Gasteiger partial charge in [-0.05, 0) is 26.0 Å². The Morgan fingerprint density at radius 2 is 2.00 bits per heavy atom. The average molecular weight is 324 g/mol. The molecule has 0 unspecified atom stereocenters. The van der Waals surface area contributed by atoms with E-state index >= 15 is 0 Å². The number of anilines is 1. The summed E-state index contributed by atoms with van der Waals surface area (Å²) >= 11 is 1.51. The number of hydrogen-bond donors (Lipinski definition) is 1. The van der Waals surface area contributed by atoms with Crippen LogP contribution in [0, 0.1) is 0 Å². The number of nitrogens with one attached hydrogen (secondary N) is 1. The van der Waals surface area contributed by atoms with E-state index in [0.717, 1.165) is 0 Å². The summed E-state index contributed by atoms with van der Waals surface area (Å²) in [4.78, 5) is 25.1. The molecule has 1 aromatic carbocycles. The van der Waals surface area contributed by atoms with E-state index in [2.05, 4.69) is 5.32 Å². The predicted molar refractivity (Wildman–Crippen MR) is 86.4 cm³/mol. The summed E-state index contributed by atoms with van der Waals surface area (Å²) in [5.74, 6) is 2.04. The first kappa shape index (κ1) is 16.5. The first-order valence-electron chi connectivity index (χ1n) is 7.19. The minimum absolute atomic E-state index is 0.00171. The third-order valence-electron chi connectivity index (χ3n) is 2.99. The number of nitrogens with zero attached hydrogens (tertiary/aromatic N) is 1. The summed E-state index contributed by atoms with van der Waals surface area (Å²) in [6.45, 7) is 4.91. The van der Waals surface area contributed by atoms with Gasteiger partial charge in [-0.15, -0.1) is 11.8 Å². The lowest BCUT2D eigenvalue weighted by Crippen LogP contribution is -2.34. The van der Waals surface area contributed by atoms with Crippen LogP contribution >= 0.6 is 11.8 Å². The van der Waals surface area contributed by atoms with Crippen molar-refractivity contribution in [3.63, 3.8) is 0 Å². The van der Waals surface area contributed by atoms with E-state index in [0.29, 0.717) is 42.0 Å². The molecule has 7 heteroatoms. The van der Waals surface area contributed by atoms with Crippen LogP contribution in [-0.4, -0.2) is 48.1 Å². The Kier molecular flexibility index (Phi) is 5.94. The first-order chi connectivity index (χ1) is 10.6. The van der Waals surface area contributed by atoms with Gasteiger partial charge in [-0.1, -0.05) is 0 Å². The van der Waals surface area contributed by atoms with Gasteiger partial charge in [0.05, 0.1) is 24.8 Å². The van der Waals surface area contributed by atoms with Crippen molar-refractivity contribution in [3.05, 3.63) is 18.2 Å². The van der Waals surface area contributed by atoms with E-state index in [1.807, 2.05) is 13.8 Å². The molecule has 2 amide bonds. The highest BCUT2D eigenvalue weighted by Gasteiger charge is 2.23. The van der Waals surface area contributed by atoms with E-state index in [1.54, 1.807) is 18.2 Å². The minimum Gasteiger partial charge on any atom is -0.490 e. The van der Waals surface area contributed by atoms with Gasteiger partial charge in [-0.2, -0.15) is 0 Å². The zero-order chi connectivity index (χ0) is 15.9. The molecule has 22 heavy (non-hydrogen) atoms. The van der Waals surface area contributed by atoms with Crippen LogP contribution in [0.3, 0.4) is 0 Å². The highest BCUT2D eigenvalue weighted by Crippen LogP contribution is 2.30. The van der Waals surface area contributed by atoms with Crippen LogP contribution in [0.4, 0.5) is 5.69 Å². The van der Waals surface area contributed by atoms with Crippen molar-refractivity contribution in [2.45, 2.75) is 13.8 Å². The zero-order valence-electron chi connectivity index (χ0n) is 12.8. The predicted octanol–water partition coefficient (Wildman–Crippen LogP) is 1.96. The smallest absolute Gasteiger partial charge is 0.244 e.